The first kappa shape index (κ1) is 18.5. The number of nitrogen functional groups attached to an aromatic ring is 1. The van der Waals surface area contributed by atoms with E-state index in [0.29, 0.717) is 23.7 Å². The molecule has 1 aromatic rings. The van der Waals surface area contributed by atoms with E-state index in [1.807, 2.05) is 0 Å². The highest BCUT2D eigenvalue weighted by molar-refractivity contribution is 5.92. The molecule has 0 spiro atoms. The van der Waals surface area contributed by atoms with Crippen LogP contribution >= 0.6 is 12.4 Å². The van der Waals surface area contributed by atoms with Crippen LogP contribution in [0.1, 0.15) is 26.2 Å². The molecule has 0 aliphatic rings. The molecule has 0 aliphatic carbocycles. The van der Waals surface area contributed by atoms with Crippen molar-refractivity contribution >= 4 is 29.7 Å². The van der Waals surface area contributed by atoms with Crippen LogP contribution in [-0.4, -0.2) is 26.2 Å². The van der Waals surface area contributed by atoms with Crippen LogP contribution in [0.2, 0.25) is 0 Å². The molecule has 0 saturated carbocycles. The third kappa shape index (κ3) is 6.63. The molecule has 0 aliphatic heterocycles. The van der Waals surface area contributed by atoms with Crippen molar-refractivity contribution in [1.82, 2.24) is 0 Å². The van der Waals surface area contributed by atoms with Gasteiger partial charge in [-0.2, -0.15) is 0 Å². The number of carbonyl (C=O) groups is 1. The van der Waals surface area contributed by atoms with Gasteiger partial charge in [0.25, 0.3) is 0 Å². The molecular formula is C14H23ClN2O3. The zero-order chi connectivity index (χ0) is 14.1. The summed E-state index contributed by atoms with van der Waals surface area (Å²) in [4.78, 5) is 11.6. The van der Waals surface area contributed by atoms with Gasteiger partial charge in [-0.15, -0.1) is 12.4 Å². The first-order valence-electron chi connectivity index (χ1n) is 6.48. The number of ether oxygens (including phenoxy) is 2. The van der Waals surface area contributed by atoms with Crippen molar-refractivity contribution in [2.45, 2.75) is 26.2 Å². The minimum absolute atomic E-state index is 0. The summed E-state index contributed by atoms with van der Waals surface area (Å²) in [5, 5.41) is 2.73. The maximum absolute atomic E-state index is 11.6. The Hall–Kier alpha value is -1.46. The van der Waals surface area contributed by atoms with Crippen LogP contribution in [-0.2, 0) is 9.53 Å². The summed E-state index contributed by atoms with van der Waals surface area (Å²) in [6.07, 6.45) is 3.25. The van der Waals surface area contributed by atoms with Gasteiger partial charge in [0, 0.05) is 12.3 Å². The number of unbranched alkanes of at least 4 members (excludes halogenated alkanes) is 2. The van der Waals surface area contributed by atoms with Crippen LogP contribution in [0.25, 0.3) is 0 Å². The van der Waals surface area contributed by atoms with Crippen molar-refractivity contribution in [3.63, 3.8) is 0 Å². The molecule has 6 heteroatoms. The summed E-state index contributed by atoms with van der Waals surface area (Å²) in [7, 11) is 1.55. The Bertz CT molecular complexity index is 413. The van der Waals surface area contributed by atoms with Crippen LogP contribution in [0.4, 0.5) is 11.4 Å². The Morgan fingerprint density at radius 3 is 2.70 bits per heavy atom. The number of amides is 1. The third-order valence-electron chi connectivity index (χ3n) is 2.64. The van der Waals surface area contributed by atoms with Gasteiger partial charge in [-0.1, -0.05) is 19.8 Å². The molecular weight excluding hydrogens is 280 g/mol. The summed E-state index contributed by atoms with van der Waals surface area (Å²) in [5.74, 6) is 0.412. The molecule has 114 valence electrons. The Balaban J connectivity index is 0.00000361. The van der Waals surface area contributed by atoms with Crippen molar-refractivity contribution < 1.29 is 14.3 Å². The van der Waals surface area contributed by atoms with Gasteiger partial charge < -0.3 is 20.5 Å². The fourth-order valence-electron chi connectivity index (χ4n) is 1.63. The first-order valence-corrected chi connectivity index (χ1v) is 6.48. The van der Waals surface area contributed by atoms with Gasteiger partial charge in [0.05, 0.1) is 12.8 Å². The van der Waals surface area contributed by atoms with Crippen LogP contribution < -0.4 is 15.8 Å². The van der Waals surface area contributed by atoms with E-state index in [9.17, 15) is 4.79 Å². The van der Waals surface area contributed by atoms with Gasteiger partial charge in [-0.3, -0.25) is 4.79 Å². The first-order chi connectivity index (χ1) is 9.17. The lowest BCUT2D eigenvalue weighted by Gasteiger charge is -2.09. The van der Waals surface area contributed by atoms with E-state index >= 15 is 0 Å². The van der Waals surface area contributed by atoms with Crippen LogP contribution in [0.5, 0.6) is 5.75 Å². The van der Waals surface area contributed by atoms with E-state index < -0.39 is 0 Å². The second-order valence-electron chi connectivity index (χ2n) is 4.26. The zero-order valence-electron chi connectivity index (χ0n) is 12.0. The Kier molecular flexibility index (Phi) is 9.59. The van der Waals surface area contributed by atoms with Crippen molar-refractivity contribution in [2.75, 3.05) is 31.4 Å². The van der Waals surface area contributed by atoms with E-state index in [0.717, 1.165) is 19.3 Å². The predicted octanol–water partition coefficient (Wildman–Crippen LogP) is 2.84. The number of nitrogens with one attached hydrogen (secondary N) is 1. The monoisotopic (exact) mass is 302 g/mol. The molecule has 0 heterocycles. The molecule has 0 unspecified atom stereocenters. The van der Waals surface area contributed by atoms with Gasteiger partial charge in [0.15, 0.2) is 0 Å². The minimum atomic E-state index is -0.180. The van der Waals surface area contributed by atoms with Crippen LogP contribution in [0, 0.1) is 0 Å². The SMILES string of the molecule is CCCCCOCC(=O)Nc1ccc(OC)c(N)c1.Cl. The van der Waals surface area contributed by atoms with Gasteiger partial charge in [0.1, 0.15) is 12.4 Å². The maximum atomic E-state index is 11.6. The van der Waals surface area contributed by atoms with Crippen molar-refractivity contribution in [1.29, 1.82) is 0 Å². The van der Waals surface area contributed by atoms with Crippen molar-refractivity contribution in [2.24, 2.45) is 0 Å². The molecule has 3 N–H and O–H groups in total. The standard InChI is InChI=1S/C14H22N2O3.ClH/c1-3-4-5-8-19-10-14(17)16-11-6-7-13(18-2)12(15)9-11;/h6-7,9H,3-5,8,10,15H2,1-2H3,(H,16,17);1H. The lowest BCUT2D eigenvalue weighted by molar-refractivity contribution is -0.120. The average molecular weight is 303 g/mol. The van der Waals surface area contributed by atoms with E-state index in [1.54, 1.807) is 25.3 Å². The normalized spacial score (nSPS) is 9.70. The maximum Gasteiger partial charge on any atom is 0.250 e. The highest BCUT2D eigenvalue weighted by Crippen LogP contribution is 2.24. The molecule has 20 heavy (non-hydrogen) atoms. The lowest BCUT2D eigenvalue weighted by Crippen LogP contribution is -2.18. The summed E-state index contributed by atoms with van der Waals surface area (Å²) in [6, 6.07) is 5.12. The fraction of sp³-hybridized carbons (Fsp3) is 0.500. The van der Waals surface area contributed by atoms with Crippen molar-refractivity contribution in [3.05, 3.63) is 18.2 Å². The van der Waals surface area contributed by atoms with E-state index in [4.69, 9.17) is 15.2 Å². The summed E-state index contributed by atoms with van der Waals surface area (Å²) >= 11 is 0. The molecule has 5 nitrogen and oxygen atoms in total. The topological polar surface area (TPSA) is 73.6 Å². The zero-order valence-corrected chi connectivity index (χ0v) is 12.8. The molecule has 0 bridgehead atoms. The second-order valence-corrected chi connectivity index (χ2v) is 4.26. The minimum Gasteiger partial charge on any atom is -0.495 e. The molecule has 0 fully saturated rings. The molecule has 1 rings (SSSR count). The number of carbonyl (C=O) groups excluding carboxylic acids is 1. The number of anilines is 2. The molecule has 0 saturated heterocycles. The van der Waals surface area contributed by atoms with Crippen molar-refractivity contribution in [3.8, 4) is 5.75 Å². The molecule has 1 amide bonds. The summed E-state index contributed by atoms with van der Waals surface area (Å²) < 4.78 is 10.3. The van der Waals surface area contributed by atoms with Gasteiger partial charge in [-0.25, -0.2) is 0 Å². The number of hydrogen-bond acceptors (Lipinski definition) is 4. The highest BCUT2D eigenvalue weighted by atomic mass is 35.5. The molecule has 0 atom stereocenters. The number of benzene rings is 1. The highest BCUT2D eigenvalue weighted by Gasteiger charge is 2.05. The molecule has 1 aromatic carbocycles. The number of rotatable bonds is 8. The Morgan fingerprint density at radius 1 is 1.35 bits per heavy atom. The molecule has 0 radical (unpaired) electrons. The second kappa shape index (κ2) is 10.3. The van der Waals surface area contributed by atoms with Gasteiger partial charge >= 0.3 is 0 Å². The fourth-order valence-corrected chi connectivity index (χ4v) is 1.63. The smallest absolute Gasteiger partial charge is 0.250 e. The quantitative estimate of drug-likeness (QED) is 0.572. The summed E-state index contributed by atoms with van der Waals surface area (Å²) in [6.45, 7) is 2.81. The van der Waals surface area contributed by atoms with Crippen LogP contribution in [0.3, 0.4) is 0 Å². The Labute approximate surface area is 126 Å². The largest absolute Gasteiger partial charge is 0.495 e. The Morgan fingerprint density at radius 2 is 2.10 bits per heavy atom. The number of nitrogens with two attached hydrogens (primary N) is 1. The lowest BCUT2D eigenvalue weighted by atomic mass is 10.2. The number of methoxy groups -OCH3 is 1. The number of halogens is 1. The van der Waals surface area contributed by atoms with Crippen LogP contribution in [0.15, 0.2) is 18.2 Å². The molecule has 0 aromatic heterocycles. The van der Waals surface area contributed by atoms with E-state index in [-0.39, 0.29) is 24.9 Å². The van der Waals surface area contributed by atoms with Gasteiger partial charge in [0.2, 0.25) is 5.91 Å². The number of hydrogen-bond donors (Lipinski definition) is 2. The van der Waals surface area contributed by atoms with E-state index in [2.05, 4.69) is 12.2 Å². The van der Waals surface area contributed by atoms with Gasteiger partial charge in [-0.05, 0) is 24.6 Å². The summed E-state index contributed by atoms with van der Waals surface area (Å²) in [5.41, 5.74) is 6.88. The third-order valence-corrected chi connectivity index (χ3v) is 2.64. The van der Waals surface area contributed by atoms with E-state index in [1.165, 1.54) is 0 Å². The average Bonchev–Trinajstić information content (AvgIpc) is 2.39. The predicted molar refractivity (Wildman–Crippen MR) is 83.6 cm³/mol.